The van der Waals surface area contributed by atoms with E-state index in [9.17, 15) is 13.2 Å². The number of hydrogen-bond acceptors (Lipinski definition) is 4. The molecule has 5 nitrogen and oxygen atoms in total. The number of anilines is 1. The first-order chi connectivity index (χ1) is 13.9. The number of aromatic nitrogens is 1. The first kappa shape index (κ1) is 21.4. The summed E-state index contributed by atoms with van der Waals surface area (Å²) in [6.07, 6.45) is -0.607. The van der Waals surface area contributed by atoms with Crippen molar-refractivity contribution in [2.75, 3.05) is 32.1 Å². The second-order valence-electron chi connectivity index (χ2n) is 7.10. The van der Waals surface area contributed by atoms with E-state index in [4.69, 9.17) is 0 Å². The summed E-state index contributed by atoms with van der Waals surface area (Å²) >= 11 is 0.988. The largest absolute Gasteiger partial charge is 0.434 e. The van der Waals surface area contributed by atoms with Crippen LogP contribution in [0.15, 0.2) is 34.6 Å². The summed E-state index contributed by atoms with van der Waals surface area (Å²) in [6.45, 7) is 3.07. The van der Waals surface area contributed by atoms with Crippen molar-refractivity contribution < 1.29 is 13.2 Å². The molecule has 29 heavy (non-hydrogen) atoms. The predicted molar refractivity (Wildman–Crippen MR) is 111 cm³/mol. The molecule has 1 aromatic carbocycles. The van der Waals surface area contributed by atoms with Crippen LogP contribution in [0, 0.1) is 0 Å². The second kappa shape index (κ2) is 9.47. The fourth-order valence-corrected chi connectivity index (χ4v) is 4.12. The van der Waals surface area contributed by atoms with Crippen molar-refractivity contribution in [3.8, 4) is 0 Å². The standard InChI is InChI=1S/C20H26F3N5S/c1-24-19(25-12-18-26-17(14-29-18)20(21,22)23)27(2)13-15-6-8-16(9-7-15)28-10-4-3-5-11-28/h6-9,14H,3-5,10-13H2,1-2H3,(H,24,25). The molecule has 0 spiro atoms. The number of nitrogens with zero attached hydrogens (tertiary/aromatic N) is 4. The SMILES string of the molecule is CN=C(NCc1nc(C(F)(F)F)cs1)N(C)Cc1ccc(N2CCCCC2)cc1. The zero-order valence-electron chi connectivity index (χ0n) is 16.7. The van der Waals surface area contributed by atoms with Crippen LogP contribution in [0.3, 0.4) is 0 Å². The zero-order chi connectivity index (χ0) is 20.9. The molecule has 0 unspecified atom stereocenters. The third kappa shape index (κ3) is 5.85. The Labute approximate surface area is 173 Å². The van der Waals surface area contributed by atoms with Gasteiger partial charge in [-0.2, -0.15) is 13.2 Å². The Bertz CT molecular complexity index is 810. The van der Waals surface area contributed by atoms with Crippen molar-refractivity contribution >= 4 is 23.0 Å². The fourth-order valence-electron chi connectivity index (χ4n) is 3.37. The summed E-state index contributed by atoms with van der Waals surface area (Å²) in [5.74, 6) is 0.605. The highest BCUT2D eigenvalue weighted by Crippen LogP contribution is 2.30. The molecule has 158 valence electrons. The molecule has 0 amide bonds. The molecule has 9 heteroatoms. The maximum Gasteiger partial charge on any atom is 0.434 e. The first-order valence-corrected chi connectivity index (χ1v) is 10.5. The number of nitrogens with one attached hydrogen (secondary N) is 1. The lowest BCUT2D eigenvalue weighted by atomic mass is 10.1. The minimum Gasteiger partial charge on any atom is -0.372 e. The van der Waals surface area contributed by atoms with E-state index >= 15 is 0 Å². The van der Waals surface area contributed by atoms with Gasteiger partial charge >= 0.3 is 6.18 Å². The number of aliphatic imine (C=N–C) groups is 1. The van der Waals surface area contributed by atoms with Gasteiger partial charge in [0.05, 0.1) is 6.54 Å². The second-order valence-corrected chi connectivity index (χ2v) is 8.04. The summed E-state index contributed by atoms with van der Waals surface area (Å²) < 4.78 is 38.0. The molecular formula is C20H26F3N5S. The van der Waals surface area contributed by atoms with Crippen LogP contribution in [-0.4, -0.2) is 43.0 Å². The van der Waals surface area contributed by atoms with Gasteiger partial charge in [-0.25, -0.2) is 4.98 Å². The monoisotopic (exact) mass is 425 g/mol. The minimum absolute atomic E-state index is 0.200. The minimum atomic E-state index is -4.41. The maximum absolute atomic E-state index is 12.7. The quantitative estimate of drug-likeness (QED) is 0.571. The first-order valence-electron chi connectivity index (χ1n) is 9.64. The molecule has 1 fully saturated rings. The zero-order valence-corrected chi connectivity index (χ0v) is 17.5. The third-order valence-corrected chi connectivity index (χ3v) is 5.74. The molecule has 1 aliphatic rings. The van der Waals surface area contributed by atoms with Gasteiger partial charge in [-0.05, 0) is 37.0 Å². The Balaban J connectivity index is 1.54. The summed E-state index contributed by atoms with van der Waals surface area (Å²) in [5.41, 5.74) is 1.55. The molecule has 0 atom stereocenters. The van der Waals surface area contributed by atoms with Crippen LogP contribution < -0.4 is 10.2 Å². The Kier molecular flexibility index (Phi) is 7.00. The molecule has 2 heterocycles. The van der Waals surface area contributed by atoms with E-state index in [0.717, 1.165) is 35.4 Å². The van der Waals surface area contributed by atoms with Crippen LogP contribution in [0.2, 0.25) is 0 Å². The van der Waals surface area contributed by atoms with Gasteiger partial charge in [-0.15, -0.1) is 11.3 Å². The van der Waals surface area contributed by atoms with Crippen molar-refractivity contribution in [2.24, 2.45) is 4.99 Å². The van der Waals surface area contributed by atoms with Gasteiger partial charge < -0.3 is 15.1 Å². The van der Waals surface area contributed by atoms with Crippen molar-refractivity contribution in [2.45, 2.75) is 38.5 Å². The van der Waals surface area contributed by atoms with E-state index in [1.807, 2.05) is 11.9 Å². The Hall–Kier alpha value is -2.29. The van der Waals surface area contributed by atoms with Gasteiger partial charge in [-0.1, -0.05) is 12.1 Å². The number of halogens is 3. The number of alkyl halides is 3. The van der Waals surface area contributed by atoms with E-state index in [1.54, 1.807) is 7.05 Å². The van der Waals surface area contributed by atoms with Crippen LogP contribution in [0.25, 0.3) is 0 Å². The van der Waals surface area contributed by atoms with Crippen LogP contribution >= 0.6 is 11.3 Å². The van der Waals surface area contributed by atoms with Crippen LogP contribution in [0.5, 0.6) is 0 Å². The highest BCUT2D eigenvalue weighted by molar-refractivity contribution is 7.09. The molecule has 0 radical (unpaired) electrons. The average molecular weight is 426 g/mol. The number of thiazole rings is 1. The van der Waals surface area contributed by atoms with E-state index in [0.29, 0.717) is 17.5 Å². The lowest BCUT2D eigenvalue weighted by molar-refractivity contribution is -0.140. The lowest BCUT2D eigenvalue weighted by Crippen LogP contribution is -2.38. The summed E-state index contributed by atoms with van der Waals surface area (Å²) in [6, 6.07) is 8.53. The van der Waals surface area contributed by atoms with Gasteiger partial charge in [0, 0.05) is 44.8 Å². The van der Waals surface area contributed by atoms with Crippen LogP contribution in [0.1, 0.15) is 35.5 Å². The highest BCUT2D eigenvalue weighted by atomic mass is 32.1. The van der Waals surface area contributed by atoms with Crippen molar-refractivity contribution in [3.05, 3.63) is 45.9 Å². The lowest BCUT2D eigenvalue weighted by Gasteiger charge is -2.29. The normalized spacial score (nSPS) is 15.5. The Morgan fingerprint density at radius 1 is 1.21 bits per heavy atom. The van der Waals surface area contributed by atoms with E-state index in [1.165, 1.54) is 24.9 Å². The molecular weight excluding hydrogens is 399 g/mol. The molecule has 1 saturated heterocycles. The number of rotatable bonds is 5. The molecule has 0 aliphatic carbocycles. The van der Waals surface area contributed by atoms with Gasteiger partial charge in [0.15, 0.2) is 11.7 Å². The summed E-state index contributed by atoms with van der Waals surface area (Å²) in [5, 5.41) is 4.49. The van der Waals surface area contributed by atoms with Gasteiger partial charge in [0.1, 0.15) is 5.01 Å². The van der Waals surface area contributed by atoms with E-state index in [2.05, 4.69) is 44.5 Å². The summed E-state index contributed by atoms with van der Waals surface area (Å²) in [4.78, 5) is 12.2. The molecule has 3 rings (SSSR count). The van der Waals surface area contributed by atoms with Crippen molar-refractivity contribution in [1.82, 2.24) is 15.2 Å². The molecule has 1 aliphatic heterocycles. The Morgan fingerprint density at radius 2 is 1.90 bits per heavy atom. The maximum atomic E-state index is 12.7. The molecule has 2 aromatic rings. The van der Waals surface area contributed by atoms with E-state index < -0.39 is 11.9 Å². The smallest absolute Gasteiger partial charge is 0.372 e. The number of guanidine groups is 1. The predicted octanol–water partition coefficient (Wildman–Crippen LogP) is 4.36. The number of hydrogen-bond donors (Lipinski definition) is 1. The van der Waals surface area contributed by atoms with Gasteiger partial charge in [-0.3, -0.25) is 4.99 Å². The number of benzene rings is 1. The van der Waals surface area contributed by atoms with Crippen LogP contribution in [-0.2, 0) is 19.3 Å². The van der Waals surface area contributed by atoms with Gasteiger partial charge in [0.25, 0.3) is 0 Å². The Morgan fingerprint density at radius 3 is 2.48 bits per heavy atom. The van der Waals surface area contributed by atoms with Crippen molar-refractivity contribution in [1.29, 1.82) is 0 Å². The van der Waals surface area contributed by atoms with E-state index in [-0.39, 0.29) is 6.54 Å². The van der Waals surface area contributed by atoms with Gasteiger partial charge in [0.2, 0.25) is 0 Å². The topological polar surface area (TPSA) is 43.8 Å². The average Bonchev–Trinajstić information content (AvgIpc) is 3.19. The van der Waals surface area contributed by atoms with Crippen molar-refractivity contribution in [3.63, 3.8) is 0 Å². The van der Waals surface area contributed by atoms with Crippen LogP contribution in [0.4, 0.5) is 18.9 Å². The number of piperidine rings is 1. The fraction of sp³-hybridized carbons (Fsp3) is 0.500. The third-order valence-electron chi connectivity index (χ3n) is 4.89. The molecule has 1 aromatic heterocycles. The highest BCUT2D eigenvalue weighted by Gasteiger charge is 2.33. The molecule has 0 bridgehead atoms. The molecule has 0 saturated carbocycles. The molecule has 1 N–H and O–H groups in total. The summed E-state index contributed by atoms with van der Waals surface area (Å²) in [7, 11) is 3.55.